The normalized spacial score (nSPS) is 18.9. The summed E-state index contributed by atoms with van der Waals surface area (Å²) in [6, 6.07) is 21.0. The Morgan fingerprint density at radius 1 is 0.912 bits per heavy atom. The van der Waals surface area contributed by atoms with E-state index in [1.807, 2.05) is 36.4 Å². The van der Waals surface area contributed by atoms with E-state index in [4.69, 9.17) is 4.74 Å². The number of hydrogen-bond acceptors (Lipinski definition) is 11. The first-order valence-corrected chi connectivity index (χ1v) is 28.7. The molecule has 0 radical (unpaired) electrons. The van der Waals surface area contributed by atoms with Crippen molar-refractivity contribution >= 4 is 76.3 Å². The van der Waals surface area contributed by atoms with E-state index >= 15 is 4.79 Å². The molecule has 0 aliphatic carbocycles. The number of halogens is 2. The van der Waals surface area contributed by atoms with Gasteiger partial charge in [-0.05, 0) is 102 Å². The van der Waals surface area contributed by atoms with E-state index in [-0.39, 0.29) is 65.6 Å². The van der Waals surface area contributed by atoms with Gasteiger partial charge >= 0.3 is 13.3 Å². The molecule has 2 unspecified atom stereocenters. The molecule has 18 nitrogen and oxygen atoms in total. The number of piperidine rings is 2. The number of carbonyl (C=O) groups excluding carboxylic acids is 8. The first-order chi connectivity index (χ1) is 38.0. The van der Waals surface area contributed by atoms with Crippen molar-refractivity contribution in [3.8, 4) is 17.6 Å². The Balaban J connectivity index is 0.847. The SMILES string of the molecule is CC(C)(C)[C@H](NC(=O)c1cc2cc(C(F)(F)P(=O)(O)O)ccc2s1)C(=O)N1Cc2cc(OCC(=O)NCCCCC#Cc3cccc4c3C(=O)N(C3CCC(=O)NC3=O)C4=O)ccc2C[C@H]1C(=O)N1CCCC(c2ccccc2)C1. The zero-order valence-corrected chi connectivity index (χ0v) is 45.8. The number of thiophene rings is 1. The Labute approximate surface area is 463 Å². The molecule has 4 aliphatic heterocycles. The summed E-state index contributed by atoms with van der Waals surface area (Å²) in [5.41, 5.74) is -3.15. The first-order valence-electron chi connectivity index (χ1n) is 26.3. The minimum absolute atomic E-state index is 0.00675. The summed E-state index contributed by atoms with van der Waals surface area (Å²) in [6.07, 6.45) is 3.39. The smallest absolute Gasteiger partial charge is 0.399 e. The highest BCUT2D eigenvalue weighted by atomic mass is 32.1. The molecule has 1 aromatic heterocycles. The van der Waals surface area contributed by atoms with E-state index in [2.05, 4.69) is 27.8 Å². The van der Waals surface area contributed by atoms with Crippen LogP contribution in [-0.2, 0) is 47.2 Å². The van der Waals surface area contributed by atoms with Crippen LogP contribution in [0, 0.1) is 17.3 Å². The number of nitrogens with one attached hydrogen (secondary N) is 3. The maximum absolute atomic E-state index is 15.2. The largest absolute Gasteiger partial charge is 0.484 e. The Bertz CT molecular complexity index is 3440. The van der Waals surface area contributed by atoms with Crippen molar-refractivity contribution in [2.75, 3.05) is 26.2 Å². The quantitative estimate of drug-likeness (QED) is 0.0316. The number of alkyl halides is 2. The van der Waals surface area contributed by atoms with Gasteiger partial charge in [-0.3, -0.25) is 53.1 Å². The van der Waals surface area contributed by atoms with Crippen LogP contribution in [0.15, 0.2) is 91.0 Å². The molecule has 9 rings (SSSR count). The van der Waals surface area contributed by atoms with Crippen LogP contribution in [0.3, 0.4) is 0 Å². The number of likely N-dealkylation sites (tertiary alicyclic amines) is 1. The van der Waals surface area contributed by atoms with Crippen molar-refractivity contribution in [1.82, 2.24) is 30.7 Å². The van der Waals surface area contributed by atoms with Crippen LogP contribution in [0.5, 0.6) is 5.75 Å². The van der Waals surface area contributed by atoms with Gasteiger partial charge in [0, 0.05) is 67.2 Å². The molecule has 2 saturated heterocycles. The summed E-state index contributed by atoms with van der Waals surface area (Å²) in [4.78, 5) is 131. The second-order valence-electron chi connectivity index (χ2n) is 21.4. The van der Waals surface area contributed by atoms with Crippen molar-refractivity contribution in [2.24, 2.45) is 5.41 Å². The van der Waals surface area contributed by atoms with Crippen LogP contribution < -0.4 is 20.7 Å². The topological polar surface area (TPSA) is 249 Å². The lowest BCUT2D eigenvalue weighted by atomic mass is 9.83. The fourth-order valence-corrected chi connectivity index (χ4v) is 12.0. The summed E-state index contributed by atoms with van der Waals surface area (Å²) in [6.45, 7) is 6.17. The van der Waals surface area contributed by atoms with Crippen LogP contribution in [-0.4, -0.2) is 116 Å². The molecule has 418 valence electrons. The zero-order chi connectivity index (χ0) is 57.3. The van der Waals surface area contributed by atoms with Crippen molar-refractivity contribution in [3.05, 3.63) is 135 Å². The standard InChI is InChI=1S/C58H59F2N6O12PS/c1-57(2,3)50(63-52(70)46-30-38-27-40(20-23-45(38)80-46)58(59,60)79(75,76)77)56(74)65-32-39-28-41(21-19-36(39)29-44(65)54(72)64-26-12-17-37(31-64)34-13-8-6-9-14-34)78-33-48(68)61-25-10-5-4-7-15-35-16-11-18-42-49(35)55(73)66(53(42)71)43-22-24-47(67)62-51(43)69/h6,8-9,11,13-14,16,18-21,23,27-28,30,37,43-44,50H,4-5,10,12,17,22,24-26,29,31-33H2,1-3H3,(H,61,68)(H,63,70)(H,62,67,69)(H2,75,76,77)/t37?,43?,44-,50+/m0/s1. The predicted molar refractivity (Wildman–Crippen MR) is 290 cm³/mol. The lowest BCUT2D eigenvalue weighted by Gasteiger charge is -2.43. The molecule has 2 fully saturated rings. The number of rotatable bonds is 15. The maximum atomic E-state index is 15.2. The number of amides is 8. The van der Waals surface area contributed by atoms with Crippen molar-refractivity contribution < 1.29 is 66.2 Å². The molecule has 5 aromatic rings. The monoisotopic (exact) mass is 1130 g/mol. The molecule has 4 atom stereocenters. The van der Waals surface area contributed by atoms with Gasteiger partial charge in [0.15, 0.2) is 6.61 Å². The molecule has 80 heavy (non-hydrogen) atoms. The maximum Gasteiger partial charge on any atom is 0.399 e. The van der Waals surface area contributed by atoms with Gasteiger partial charge in [-0.25, -0.2) is 0 Å². The molecule has 22 heteroatoms. The van der Waals surface area contributed by atoms with Crippen LogP contribution >= 0.6 is 18.9 Å². The zero-order valence-electron chi connectivity index (χ0n) is 44.1. The predicted octanol–water partition coefficient (Wildman–Crippen LogP) is 6.75. The van der Waals surface area contributed by atoms with E-state index in [0.717, 1.165) is 52.3 Å². The summed E-state index contributed by atoms with van der Waals surface area (Å²) >= 11 is 0.951. The van der Waals surface area contributed by atoms with E-state index in [1.165, 1.54) is 23.1 Å². The average Bonchev–Trinajstić information content (AvgIpc) is 4.14. The van der Waals surface area contributed by atoms with Gasteiger partial charge in [-0.15, -0.1) is 11.3 Å². The number of fused-ring (bicyclic) bond motifs is 3. The molecule has 5 N–H and O–H groups in total. The first kappa shape index (κ1) is 57.1. The number of hydrogen-bond donors (Lipinski definition) is 5. The van der Waals surface area contributed by atoms with Crippen LogP contribution in [0.25, 0.3) is 10.1 Å². The number of nitrogens with zero attached hydrogens (tertiary/aromatic N) is 3. The van der Waals surface area contributed by atoms with Gasteiger partial charge in [-0.1, -0.05) is 81.1 Å². The number of benzene rings is 4. The van der Waals surface area contributed by atoms with E-state index in [9.17, 15) is 56.7 Å². The van der Waals surface area contributed by atoms with E-state index in [1.54, 1.807) is 49.9 Å². The molecule has 4 aromatic carbocycles. The Morgan fingerprint density at radius 2 is 1.69 bits per heavy atom. The molecule has 4 aliphatic rings. The molecule has 8 amide bonds. The van der Waals surface area contributed by atoms with Crippen molar-refractivity contribution in [2.45, 2.75) is 108 Å². The molecule has 0 saturated carbocycles. The van der Waals surface area contributed by atoms with Gasteiger partial charge in [0.2, 0.25) is 23.6 Å². The summed E-state index contributed by atoms with van der Waals surface area (Å²) in [7, 11) is -5.86. The van der Waals surface area contributed by atoms with E-state index in [0.29, 0.717) is 60.5 Å². The number of ether oxygens (including phenoxy) is 1. The summed E-state index contributed by atoms with van der Waals surface area (Å²) in [5.74, 6) is 2.13. The average molecular weight is 1130 g/mol. The minimum Gasteiger partial charge on any atom is -0.484 e. The second kappa shape index (κ2) is 23.2. The van der Waals surface area contributed by atoms with Gasteiger partial charge in [0.05, 0.1) is 16.0 Å². The summed E-state index contributed by atoms with van der Waals surface area (Å²) in [5, 5.41) is 8.02. The van der Waals surface area contributed by atoms with Crippen LogP contribution in [0.2, 0.25) is 0 Å². The molecule has 5 heterocycles. The number of imide groups is 2. The van der Waals surface area contributed by atoms with Gasteiger partial charge < -0.3 is 35.0 Å². The third-order valence-electron chi connectivity index (χ3n) is 14.8. The Kier molecular flexibility index (Phi) is 16.6. The van der Waals surface area contributed by atoms with Gasteiger partial charge in [0.1, 0.15) is 23.9 Å². The highest BCUT2D eigenvalue weighted by molar-refractivity contribution is 7.52. The summed E-state index contributed by atoms with van der Waals surface area (Å²) < 4.78 is 47.3. The fraction of sp³-hybridized carbons (Fsp3) is 0.379. The van der Waals surface area contributed by atoms with Gasteiger partial charge in [0.25, 0.3) is 23.6 Å². The van der Waals surface area contributed by atoms with Gasteiger partial charge in [-0.2, -0.15) is 8.78 Å². The molecular formula is C58H59F2N6O12PS. The van der Waals surface area contributed by atoms with E-state index < -0.39 is 83.7 Å². The second-order valence-corrected chi connectivity index (χ2v) is 24.2. The number of carbonyl (C=O) groups is 8. The molecule has 0 spiro atoms. The molecule has 0 bridgehead atoms. The van der Waals surface area contributed by atoms with Crippen LogP contribution in [0.1, 0.15) is 130 Å². The van der Waals surface area contributed by atoms with Crippen molar-refractivity contribution in [3.63, 3.8) is 0 Å². The lowest BCUT2D eigenvalue weighted by Crippen LogP contribution is -2.61. The molecular weight excluding hydrogens is 1070 g/mol. The number of unbranched alkanes of at least 4 members (excludes halogenated alkanes) is 2. The third kappa shape index (κ3) is 12.1. The third-order valence-corrected chi connectivity index (χ3v) is 16.9. The Hall–Kier alpha value is -7.63. The minimum atomic E-state index is -5.86. The van der Waals surface area contributed by atoms with Crippen LogP contribution in [0.4, 0.5) is 8.78 Å². The van der Waals surface area contributed by atoms with Crippen molar-refractivity contribution in [1.29, 1.82) is 0 Å². The highest BCUT2D eigenvalue weighted by Gasteiger charge is 2.51. The fourth-order valence-electron chi connectivity index (χ4n) is 10.6. The Morgan fingerprint density at radius 3 is 2.42 bits per heavy atom. The highest BCUT2D eigenvalue weighted by Crippen LogP contribution is 2.59. The lowest BCUT2D eigenvalue weighted by molar-refractivity contribution is -0.150.